The van der Waals surface area contributed by atoms with Crippen LogP contribution in [0.5, 0.6) is 0 Å². The van der Waals surface area contributed by atoms with E-state index in [0.717, 1.165) is 36.8 Å². The van der Waals surface area contributed by atoms with Gasteiger partial charge >= 0.3 is 0 Å². The van der Waals surface area contributed by atoms with Gasteiger partial charge in [0, 0.05) is 12.2 Å². The molecule has 0 bridgehead atoms. The zero-order chi connectivity index (χ0) is 14.4. The van der Waals surface area contributed by atoms with E-state index in [9.17, 15) is 5.11 Å². The second-order valence-corrected chi connectivity index (χ2v) is 6.07. The third-order valence-electron chi connectivity index (χ3n) is 4.36. The fourth-order valence-electron chi connectivity index (χ4n) is 3.22. The molecule has 0 aromatic heterocycles. The smallest absolute Gasteiger partial charge is 0.0917 e. The number of benzene rings is 1. The average Bonchev–Trinajstić information content (AvgIpc) is 2.65. The van der Waals surface area contributed by atoms with Gasteiger partial charge in [-0.3, -0.25) is 0 Å². The van der Waals surface area contributed by atoms with E-state index in [1.807, 2.05) is 24.3 Å². The highest BCUT2D eigenvalue weighted by Crippen LogP contribution is 2.24. The summed E-state index contributed by atoms with van der Waals surface area (Å²) < 4.78 is 0. The number of nitrogens with two attached hydrogens (primary N) is 1. The molecule has 20 heavy (non-hydrogen) atoms. The number of aliphatic hydroxyl groups is 1. The molecule has 1 aromatic rings. The van der Waals surface area contributed by atoms with Gasteiger partial charge in [-0.05, 0) is 56.0 Å². The summed E-state index contributed by atoms with van der Waals surface area (Å²) in [6, 6.07) is 7.60. The van der Waals surface area contributed by atoms with Crippen LogP contribution in [0.4, 0.5) is 5.69 Å². The lowest BCUT2D eigenvalue weighted by molar-refractivity contribution is 0.114. The van der Waals surface area contributed by atoms with E-state index in [-0.39, 0.29) is 0 Å². The second kappa shape index (κ2) is 7.65. The Morgan fingerprint density at radius 3 is 2.95 bits per heavy atom. The van der Waals surface area contributed by atoms with Gasteiger partial charge in [-0.15, -0.1) is 0 Å². The van der Waals surface area contributed by atoms with Gasteiger partial charge in [-0.2, -0.15) is 0 Å². The predicted octanol–water partition coefficient (Wildman–Crippen LogP) is 3.20. The summed E-state index contributed by atoms with van der Waals surface area (Å²) in [7, 11) is 0. The second-order valence-electron chi connectivity index (χ2n) is 6.07. The molecule has 3 nitrogen and oxygen atoms in total. The van der Waals surface area contributed by atoms with Crippen LogP contribution in [0.15, 0.2) is 24.3 Å². The number of hydrogen-bond donors (Lipinski definition) is 2. The van der Waals surface area contributed by atoms with Crippen molar-refractivity contribution in [2.24, 2.45) is 5.92 Å². The number of likely N-dealkylation sites (tertiary alicyclic amines) is 1. The molecule has 112 valence electrons. The fourth-order valence-corrected chi connectivity index (χ4v) is 3.22. The molecule has 1 aromatic carbocycles. The molecule has 2 unspecified atom stereocenters. The lowest BCUT2D eigenvalue weighted by Crippen LogP contribution is -2.29. The van der Waals surface area contributed by atoms with Crippen molar-refractivity contribution in [3.63, 3.8) is 0 Å². The summed E-state index contributed by atoms with van der Waals surface area (Å²) in [5.74, 6) is 0.884. The van der Waals surface area contributed by atoms with Crippen molar-refractivity contribution in [2.75, 3.05) is 25.4 Å². The maximum absolute atomic E-state index is 10.4. The van der Waals surface area contributed by atoms with Crippen molar-refractivity contribution < 1.29 is 5.11 Å². The Bertz CT molecular complexity index is 408. The van der Waals surface area contributed by atoms with E-state index in [4.69, 9.17) is 5.73 Å². The Morgan fingerprint density at radius 1 is 1.35 bits per heavy atom. The molecule has 2 atom stereocenters. The molecule has 3 heteroatoms. The standard InChI is InChI=1S/C17H28N2O/c1-2-5-14-6-4-10-19(11-9-14)13-17(20)15-7-3-8-16(18)12-15/h3,7-8,12,14,17,20H,2,4-6,9-11,13,18H2,1H3. The Balaban J connectivity index is 1.86. The first-order valence-electron chi connectivity index (χ1n) is 7.95. The number of β-amino-alcohol motifs (C(OH)–C–C–N with tert-alkyl or cyclic N) is 1. The molecule has 0 radical (unpaired) electrons. The van der Waals surface area contributed by atoms with Gasteiger partial charge in [-0.25, -0.2) is 0 Å². The number of anilines is 1. The van der Waals surface area contributed by atoms with E-state index >= 15 is 0 Å². The van der Waals surface area contributed by atoms with Crippen molar-refractivity contribution in [1.29, 1.82) is 0 Å². The van der Waals surface area contributed by atoms with Crippen LogP contribution in [0.1, 0.15) is 50.7 Å². The Kier molecular flexibility index (Phi) is 5.86. The summed E-state index contributed by atoms with van der Waals surface area (Å²) in [6.45, 7) is 5.22. The van der Waals surface area contributed by atoms with Gasteiger partial charge in [0.2, 0.25) is 0 Å². The maximum Gasteiger partial charge on any atom is 0.0917 e. The first-order chi connectivity index (χ1) is 9.69. The van der Waals surface area contributed by atoms with Gasteiger partial charge in [0.15, 0.2) is 0 Å². The zero-order valence-electron chi connectivity index (χ0n) is 12.6. The highest BCUT2D eigenvalue weighted by atomic mass is 16.3. The summed E-state index contributed by atoms with van der Waals surface area (Å²) in [5.41, 5.74) is 7.43. The first-order valence-corrected chi connectivity index (χ1v) is 7.95. The minimum absolute atomic E-state index is 0.429. The molecular formula is C17H28N2O. The minimum atomic E-state index is -0.429. The average molecular weight is 276 g/mol. The molecule has 0 amide bonds. The minimum Gasteiger partial charge on any atom is -0.399 e. The lowest BCUT2D eigenvalue weighted by atomic mass is 9.96. The predicted molar refractivity (Wildman–Crippen MR) is 84.5 cm³/mol. The summed E-state index contributed by atoms with van der Waals surface area (Å²) in [4.78, 5) is 2.41. The SMILES string of the molecule is CCCC1CCCN(CC(O)c2cccc(N)c2)CC1. The van der Waals surface area contributed by atoms with Crippen LogP contribution >= 0.6 is 0 Å². The van der Waals surface area contributed by atoms with Crippen molar-refractivity contribution >= 4 is 5.69 Å². The highest BCUT2D eigenvalue weighted by Gasteiger charge is 2.19. The topological polar surface area (TPSA) is 49.5 Å². The molecule has 1 heterocycles. The zero-order valence-corrected chi connectivity index (χ0v) is 12.6. The van der Waals surface area contributed by atoms with Crippen LogP contribution < -0.4 is 5.73 Å². The van der Waals surface area contributed by atoms with Crippen LogP contribution in [0.25, 0.3) is 0 Å². The fraction of sp³-hybridized carbons (Fsp3) is 0.647. The molecule has 1 fully saturated rings. The van der Waals surface area contributed by atoms with Gasteiger partial charge < -0.3 is 15.7 Å². The maximum atomic E-state index is 10.4. The normalized spacial score (nSPS) is 22.4. The van der Waals surface area contributed by atoms with Crippen LogP contribution in [0.2, 0.25) is 0 Å². The number of hydrogen-bond acceptors (Lipinski definition) is 3. The van der Waals surface area contributed by atoms with Crippen molar-refractivity contribution in [3.05, 3.63) is 29.8 Å². The first kappa shape index (κ1) is 15.3. The van der Waals surface area contributed by atoms with Crippen LogP contribution in [0, 0.1) is 5.92 Å². The Hall–Kier alpha value is -1.06. The summed E-state index contributed by atoms with van der Waals surface area (Å²) in [6.07, 6.45) is 6.09. The lowest BCUT2D eigenvalue weighted by Gasteiger charge is -2.23. The molecule has 1 saturated heterocycles. The van der Waals surface area contributed by atoms with Gasteiger partial charge in [0.25, 0.3) is 0 Å². The van der Waals surface area contributed by atoms with Crippen molar-refractivity contribution in [1.82, 2.24) is 4.90 Å². The van der Waals surface area contributed by atoms with E-state index in [2.05, 4.69) is 11.8 Å². The molecule has 0 spiro atoms. The Labute approximate surface area is 122 Å². The number of nitrogen functional groups attached to an aromatic ring is 1. The van der Waals surface area contributed by atoms with Crippen LogP contribution in [-0.2, 0) is 0 Å². The van der Waals surface area contributed by atoms with E-state index in [1.165, 1.54) is 32.1 Å². The third kappa shape index (κ3) is 4.50. The van der Waals surface area contributed by atoms with E-state index < -0.39 is 6.10 Å². The number of nitrogens with zero attached hydrogens (tertiary/aromatic N) is 1. The summed E-state index contributed by atoms with van der Waals surface area (Å²) in [5, 5.41) is 10.4. The monoisotopic (exact) mass is 276 g/mol. The van der Waals surface area contributed by atoms with Crippen LogP contribution in [-0.4, -0.2) is 29.6 Å². The number of aliphatic hydroxyl groups excluding tert-OH is 1. The quantitative estimate of drug-likeness (QED) is 0.812. The summed E-state index contributed by atoms with van der Waals surface area (Å²) >= 11 is 0. The van der Waals surface area contributed by atoms with Crippen molar-refractivity contribution in [3.8, 4) is 0 Å². The van der Waals surface area contributed by atoms with Gasteiger partial charge in [-0.1, -0.05) is 31.9 Å². The number of rotatable bonds is 5. The third-order valence-corrected chi connectivity index (χ3v) is 4.36. The van der Waals surface area contributed by atoms with Crippen molar-refractivity contribution in [2.45, 2.75) is 45.1 Å². The highest BCUT2D eigenvalue weighted by molar-refractivity contribution is 5.41. The molecule has 2 rings (SSSR count). The largest absolute Gasteiger partial charge is 0.399 e. The molecule has 0 saturated carbocycles. The molecule has 1 aliphatic heterocycles. The molecule has 0 aliphatic carbocycles. The molecule has 1 aliphatic rings. The molecule has 3 N–H and O–H groups in total. The van der Waals surface area contributed by atoms with Gasteiger partial charge in [0.1, 0.15) is 0 Å². The van der Waals surface area contributed by atoms with Gasteiger partial charge in [0.05, 0.1) is 6.10 Å². The van der Waals surface area contributed by atoms with Crippen LogP contribution in [0.3, 0.4) is 0 Å². The Morgan fingerprint density at radius 2 is 2.20 bits per heavy atom. The molecular weight excluding hydrogens is 248 g/mol. The van der Waals surface area contributed by atoms with E-state index in [0.29, 0.717) is 0 Å². The van der Waals surface area contributed by atoms with E-state index in [1.54, 1.807) is 0 Å².